The van der Waals surface area contributed by atoms with E-state index in [4.69, 9.17) is 9.26 Å². The van der Waals surface area contributed by atoms with Gasteiger partial charge in [-0.1, -0.05) is 51.9 Å². The molecule has 0 spiro atoms. The molecule has 5 aliphatic carbocycles. The highest BCUT2D eigenvalue weighted by Crippen LogP contribution is 2.78. The van der Waals surface area contributed by atoms with Crippen molar-refractivity contribution >= 4 is 17.8 Å². The maximum atomic E-state index is 14.3. The Hall–Kier alpha value is -2.75. The number of esters is 1. The van der Waals surface area contributed by atoms with Crippen molar-refractivity contribution in [1.82, 2.24) is 19.9 Å². The molecule has 1 amide bonds. The highest BCUT2D eigenvalue weighted by Gasteiger charge is 2.71. The molecule has 10 atom stereocenters. The van der Waals surface area contributed by atoms with Gasteiger partial charge in [0.25, 0.3) is 0 Å². The number of ether oxygens (including phenoxy) is 1. The van der Waals surface area contributed by atoms with E-state index in [0.717, 1.165) is 64.7 Å². The molecule has 2 heterocycles. The maximum absolute atomic E-state index is 14.3. The summed E-state index contributed by atoms with van der Waals surface area (Å²) in [6.07, 6.45) is 11.5. The summed E-state index contributed by atoms with van der Waals surface area (Å²) in [5.41, 5.74) is 0.473. The fourth-order valence-corrected chi connectivity index (χ4v) is 14.6. The first-order valence-electron chi connectivity index (χ1n) is 21.5. The number of piperazine rings is 1. The molecule has 306 valence electrons. The van der Waals surface area contributed by atoms with Crippen LogP contribution in [-0.4, -0.2) is 75.2 Å². The van der Waals surface area contributed by atoms with E-state index in [1.165, 1.54) is 31.3 Å². The van der Waals surface area contributed by atoms with Crippen LogP contribution in [0.1, 0.15) is 144 Å². The van der Waals surface area contributed by atoms with Crippen molar-refractivity contribution in [3.8, 4) is 0 Å². The highest BCUT2D eigenvalue weighted by atomic mass is 16.5. The molecular weight excluding hydrogens is 693 g/mol. The van der Waals surface area contributed by atoms with E-state index in [1.807, 2.05) is 6.92 Å². The van der Waals surface area contributed by atoms with Crippen molar-refractivity contribution in [2.24, 2.45) is 62.1 Å². The summed E-state index contributed by atoms with van der Waals surface area (Å²) in [6, 6.07) is 0. The predicted octanol–water partition coefficient (Wildman–Crippen LogP) is 8.48. The van der Waals surface area contributed by atoms with Crippen LogP contribution in [0.15, 0.2) is 16.7 Å². The zero-order valence-electron chi connectivity index (χ0n) is 35.5. The van der Waals surface area contributed by atoms with Gasteiger partial charge in [-0.05, 0) is 136 Å². The summed E-state index contributed by atoms with van der Waals surface area (Å²) < 4.78 is 11.4. The van der Waals surface area contributed by atoms with Gasteiger partial charge in [0.05, 0.1) is 18.4 Å². The lowest BCUT2D eigenvalue weighted by Crippen LogP contribution is -2.67. The molecule has 7 rings (SSSR count). The summed E-state index contributed by atoms with van der Waals surface area (Å²) in [7, 11) is 0. The van der Waals surface area contributed by atoms with Crippen molar-refractivity contribution in [3.63, 3.8) is 0 Å². The van der Waals surface area contributed by atoms with Crippen LogP contribution in [0.3, 0.4) is 0 Å². The molecule has 1 saturated heterocycles. The smallest absolute Gasteiger partial charge is 0.309 e. The number of aliphatic carboxylic acids is 1. The van der Waals surface area contributed by atoms with Gasteiger partial charge in [-0.2, -0.15) is 4.98 Å². The van der Waals surface area contributed by atoms with Gasteiger partial charge >= 0.3 is 11.9 Å². The molecule has 1 N–H and O–H groups in total. The second-order valence-corrected chi connectivity index (χ2v) is 21.3. The zero-order valence-corrected chi connectivity index (χ0v) is 35.5. The van der Waals surface area contributed by atoms with Crippen LogP contribution in [0, 0.1) is 69.0 Å². The first-order valence-corrected chi connectivity index (χ1v) is 21.5. The van der Waals surface area contributed by atoms with Crippen LogP contribution in [0.4, 0.5) is 0 Å². The van der Waals surface area contributed by atoms with E-state index in [9.17, 15) is 19.5 Å². The third-order valence-electron chi connectivity index (χ3n) is 17.8. The summed E-state index contributed by atoms with van der Waals surface area (Å²) in [6.45, 7) is 28.1. The van der Waals surface area contributed by atoms with Crippen molar-refractivity contribution in [2.45, 2.75) is 152 Å². The Morgan fingerprint density at radius 2 is 1.62 bits per heavy atom. The zero-order chi connectivity index (χ0) is 39.9. The monoisotopic (exact) mass is 763 g/mol. The van der Waals surface area contributed by atoms with Crippen LogP contribution in [0.2, 0.25) is 0 Å². The third-order valence-corrected chi connectivity index (χ3v) is 17.8. The van der Waals surface area contributed by atoms with Crippen LogP contribution < -0.4 is 0 Å². The molecule has 55 heavy (non-hydrogen) atoms. The fraction of sp³-hybridized carbons (Fsp3) is 0.844. The normalized spacial score (nSPS) is 40.0. The van der Waals surface area contributed by atoms with Crippen LogP contribution >= 0.6 is 0 Å². The van der Waals surface area contributed by atoms with E-state index in [1.54, 1.807) is 13.8 Å². The Morgan fingerprint density at radius 3 is 2.25 bits per heavy atom. The van der Waals surface area contributed by atoms with Gasteiger partial charge in [0, 0.05) is 44.9 Å². The molecule has 0 radical (unpaired) electrons. The van der Waals surface area contributed by atoms with E-state index < -0.39 is 17.4 Å². The Labute approximate surface area is 329 Å². The molecule has 1 aliphatic heterocycles. The van der Waals surface area contributed by atoms with E-state index >= 15 is 0 Å². The average Bonchev–Trinajstić information content (AvgIpc) is 3.69. The Morgan fingerprint density at radius 1 is 0.909 bits per heavy atom. The number of carboxylic acid groups (broad SMARTS) is 1. The number of aryl methyl sites for hydroxylation is 1. The van der Waals surface area contributed by atoms with Gasteiger partial charge in [-0.3, -0.25) is 19.3 Å². The van der Waals surface area contributed by atoms with E-state index in [-0.39, 0.29) is 39.6 Å². The number of hydrogen-bond donors (Lipinski definition) is 1. The summed E-state index contributed by atoms with van der Waals surface area (Å²) in [4.78, 5) is 48.1. The molecule has 10 heteroatoms. The number of amides is 1. The lowest BCUT2D eigenvalue weighted by atomic mass is 9.32. The molecule has 0 aromatic carbocycles. The Bertz CT molecular complexity index is 1680. The van der Waals surface area contributed by atoms with Gasteiger partial charge in [-0.25, -0.2) is 0 Å². The SMILES string of the molecule is C=C(C)[C@@H]1CC[C@]2(CC(=O)N3CCN(Cc4noc(C)n4)CC3)CC[C@]3(C)[C@H](CC[C@@H]4[C@@]5(C)CC[C@H](OC(=O)CC(C)(C)C(=O)O)C(C)(C)[C@@H]5CC[C@]43C)[C@@H]12. The first kappa shape index (κ1) is 40.4. The Balaban J connectivity index is 1.07. The minimum atomic E-state index is -1.15. The standard InChI is InChI=1S/C45H70N4O6/c1-28(2)30-13-18-45(25-36(50)49-23-21-48(22-24-49)27-35-46-29(3)55-47-35)20-19-43(9)31(38(30)45)11-12-33-42(8)16-15-34(54-37(51)26-40(4,5)39(52)53)41(6,7)32(42)14-17-44(33,43)10/h30-34,38H,1,11-27H2,2-10H3,(H,52,53)/t30-,31+,32-,33+,34-,38+,42-,43+,44+,45+/m0/s1. The van der Waals surface area contributed by atoms with Gasteiger partial charge < -0.3 is 19.3 Å². The number of hydrogen-bond acceptors (Lipinski definition) is 8. The van der Waals surface area contributed by atoms with E-state index in [0.29, 0.717) is 60.2 Å². The summed E-state index contributed by atoms with van der Waals surface area (Å²) in [5.74, 6) is 2.78. The largest absolute Gasteiger partial charge is 0.481 e. The highest BCUT2D eigenvalue weighted by molar-refractivity contribution is 5.81. The topological polar surface area (TPSA) is 126 Å². The summed E-state index contributed by atoms with van der Waals surface area (Å²) in [5, 5.41) is 13.7. The molecule has 10 nitrogen and oxygen atoms in total. The maximum Gasteiger partial charge on any atom is 0.309 e. The molecule has 5 saturated carbocycles. The van der Waals surface area contributed by atoms with Crippen molar-refractivity contribution in [1.29, 1.82) is 0 Å². The number of carboxylic acids is 1. The average molecular weight is 763 g/mol. The predicted molar refractivity (Wildman–Crippen MR) is 210 cm³/mol. The van der Waals surface area contributed by atoms with Crippen molar-refractivity contribution in [2.75, 3.05) is 26.2 Å². The number of nitrogens with zero attached hydrogens (tertiary/aromatic N) is 4. The summed E-state index contributed by atoms with van der Waals surface area (Å²) >= 11 is 0. The Kier molecular flexibility index (Phi) is 10.3. The number of aromatic nitrogens is 2. The first-order chi connectivity index (χ1) is 25.7. The number of allylic oxidation sites excluding steroid dienone is 1. The molecule has 6 aliphatic rings. The third kappa shape index (κ3) is 6.60. The molecule has 0 unspecified atom stereocenters. The molecule has 0 bridgehead atoms. The van der Waals surface area contributed by atoms with Gasteiger partial charge in [0.2, 0.25) is 11.8 Å². The number of carbonyl (C=O) groups is 3. The second kappa shape index (κ2) is 14.0. The van der Waals surface area contributed by atoms with Crippen molar-refractivity contribution < 1.29 is 28.8 Å². The molecule has 1 aromatic heterocycles. The molecular formula is C45H70N4O6. The van der Waals surface area contributed by atoms with Crippen LogP contribution in [0.25, 0.3) is 0 Å². The van der Waals surface area contributed by atoms with Crippen molar-refractivity contribution in [3.05, 3.63) is 23.9 Å². The minimum absolute atomic E-state index is 0.0353. The van der Waals surface area contributed by atoms with Crippen LogP contribution in [-0.2, 0) is 25.7 Å². The molecule has 6 fully saturated rings. The second-order valence-electron chi connectivity index (χ2n) is 21.3. The molecule has 1 aromatic rings. The quantitative estimate of drug-likeness (QED) is 0.195. The van der Waals surface area contributed by atoms with E-state index in [2.05, 4.69) is 68.1 Å². The van der Waals surface area contributed by atoms with Gasteiger partial charge in [-0.15, -0.1) is 0 Å². The minimum Gasteiger partial charge on any atom is -0.481 e. The number of fused-ring (bicyclic) bond motifs is 7. The number of rotatable bonds is 9. The van der Waals surface area contributed by atoms with Gasteiger partial charge in [0.1, 0.15) is 6.10 Å². The van der Waals surface area contributed by atoms with Crippen LogP contribution in [0.5, 0.6) is 0 Å². The van der Waals surface area contributed by atoms with Gasteiger partial charge in [0.15, 0.2) is 5.82 Å². The lowest BCUT2D eigenvalue weighted by molar-refractivity contribution is -0.250. The lowest BCUT2D eigenvalue weighted by Gasteiger charge is -2.73. The number of carbonyl (C=O) groups excluding carboxylic acids is 2. The fourth-order valence-electron chi connectivity index (χ4n) is 14.6.